The topological polar surface area (TPSA) is 61.8 Å². The molecule has 0 aromatic rings. The van der Waals surface area contributed by atoms with E-state index in [-0.39, 0.29) is 5.75 Å². The number of nitrogens with zero attached hydrogens (tertiary/aromatic N) is 2. The van der Waals surface area contributed by atoms with Crippen molar-refractivity contribution in [3.8, 4) is 0 Å². The molecule has 1 aliphatic carbocycles. The third-order valence-corrected chi connectivity index (χ3v) is 7.68. The molecule has 5 nitrogen and oxygen atoms in total. The van der Waals surface area contributed by atoms with Gasteiger partial charge in [-0.05, 0) is 45.4 Å². The lowest BCUT2D eigenvalue weighted by atomic mass is 9.82. The van der Waals surface area contributed by atoms with Crippen molar-refractivity contribution in [1.82, 2.24) is 10.2 Å². The first-order chi connectivity index (χ1) is 10.2. The van der Waals surface area contributed by atoms with Gasteiger partial charge in [0.2, 0.25) is 0 Å². The van der Waals surface area contributed by atoms with Crippen LogP contribution in [-0.2, 0) is 9.84 Å². The zero-order chi connectivity index (χ0) is 16.4. The van der Waals surface area contributed by atoms with Gasteiger partial charge >= 0.3 is 0 Å². The van der Waals surface area contributed by atoms with Crippen LogP contribution in [0.4, 0.5) is 0 Å². The number of hydrogen-bond acceptors (Lipinski definition) is 3. The monoisotopic (exact) mass is 329 g/mol. The molecule has 2 unspecified atom stereocenters. The van der Waals surface area contributed by atoms with Crippen LogP contribution in [0.5, 0.6) is 0 Å². The van der Waals surface area contributed by atoms with Crippen LogP contribution in [-0.4, -0.2) is 56.5 Å². The highest BCUT2D eigenvalue weighted by Gasteiger charge is 2.35. The quantitative estimate of drug-likeness (QED) is 0.634. The van der Waals surface area contributed by atoms with Gasteiger partial charge in [0, 0.05) is 26.7 Å². The van der Waals surface area contributed by atoms with Crippen LogP contribution >= 0.6 is 0 Å². The second-order valence-corrected chi connectivity index (χ2v) is 10.5. The molecule has 0 aromatic carbocycles. The minimum absolute atomic E-state index is 0.149. The molecule has 22 heavy (non-hydrogen) atoms. The summed E-state index contributed by atoms with van der Waals surface area (Å²) in [5.74, 6) is 2.60. The maximum Gasteiger partial charge on any atom is 0.193 e. The SMILES string of the molecule is CN=C(NCCS(=O)(=O)C(C)(C)C)N1CC2CCCCC2C1. The lowest BCUT2D eigenvalue weighted by Gasteiger charge is -2.23. The summed E-state index contributed by atoms with van der Waals surface area (Å²) in [5, 5.41) is 3.25. The predicted octanol–water partition coefficient (Wildman–Crippen LogP) is 1.90. The predicted molar refractivity (Wildman–Crippen MR) is 91.9 cm³/mol. The molecule has 1 N–H and O–H groups in total. The van der Waals surface area contributed by atoms with Crippen molar-refractivity contribution in [1.29, 1.82) is 0 Å². The highest BCUT2D eigenvalue weighted by molar-refractivity contribution is 7.92. The van der Waals surface area contributed by atoms with Gasteiger partial charge in [-0.15, -0.1) is 0 Å². The minimum atomic E-state index is -3.08. The second kappa shape index (κ2) is 6.77. The van der Waals surface area contributed by atoms with E-state index >= 15 is 0 Å². The third-order valence-electron chi connectivity index (χ3n) is 5.07. The maximum absolute atomic E-state index is 12.2. The van der Waals surface area contributed by atoms with Crippen molar-refractivity contribution in [3.05, 3.63) is 0 Å². The van der Waals surface area contributed by atoms with Crippen LogP contribution in [0.1, 0.15) is 46.5 Å². The van der Waals surface area contributed by atoms with E-state index in [0.717, 1.165) is 30.9 Å². The van der Waals surface area contributed by atoms with E-state index < -0.39 is 14.6 Å². The Balaban J connectivity index is 1.86. The largest absolute Gasteiger partial charge is 0.355 e. The summed E-state index contributed by atoms with van der Waals surface area (Å²) in [5.41, 5.74) is 0. The number of nitrogens with one attached hydrogen (secondary N) is 1. The fourth-order valence-corrected chi connectivity index (χ4v) is 4.50. The Labute approximate surface area is 135 Å². The zero-order valence-electron chi connectivity index (χ0n) is 14.4. The van der Waals surface area contributed by atoms with Crippen molar-refractivity contribution in [2.75, 3.05) is 32.4 Å². The molecule has 0 amide bonds. The molecule has 1 saturated heterocycles. The van der Waals surface area contributed by atoms with E-state index in [4.69, 9.17) is 0 Å². The van der Waals surface area contributed by atoms with Gasteiger partial charge in [0.15, 0.2) is 15.8 Å². The molecular weight excluding hydrogens is 298 g/mol. The Hall–Kier alpha value is -0.780. The van der Waals surface area contributed by atoms with E-state index in [2.05, 4.69) is 15.2 Å². The standard InChI is InChI=1S/C16H31N3O2S/c1-16(2,3)22(20,21)10-9-18-15(17-4)19-11-13-7-5-6-8-14(13)12-19/h13-14H,5-12H2,1-4H3,(H,17,18). The van der Waals surface area contributed by atoms with Crippen molar-refractivity contribution < 1.29 is 8.42 Å². The lowest BCUT2D eigenvalue weighted by molar-refractivity contribution is 0.299. The second-order valence-electron chi connectivity index (χ2n) is 7.61. The van der Waals surface area contributed by atoms with Crippen molar-refractivity contribution in [3.63, 3.8) is 0 Å². The van der Waals surface area contributed by atoms with Crippen LogP contribution in [0, 0.1) is 11.8 Å². The Morgan fingerprint density at radius 3 is 2.18 bits per heavy atom. The van der Waals surface area contributed by atoms with Crippen LogP contribution in [0.15, 0.2) is 4.99 Å². The molecule has 128 valence electrons. The van der Waals surface area contributed by atoms with E-state index in [1.807, 2.05) is 0 Å². The Morgan fingerprint density at radius 1 is 1.18 bits per heavy atom. The first-order valence-electron chi connectivity index (χ1n) is 8.42. The minimum Gasteiger partial charge on any atom is -0.355 e. The highest BCUT2D eigenvalue weighted by Crippen LogP contribution is 2.35. The zero-order valence-corrected chi connectivity index (χ0v) is 15.2. The van der Waals surface area contributed by atoms with Crippen LogP contribution in [0.25, 0.3) is 0 Å². The average Bonchev–Trinajstić information content (AvgIpc) is 2.85. The molecule has 0 spiro atoms. The van der Waals surface area contributed by atoms with Gasteiger partial charge in [0.05, 0.1) is 10.5 Å². The highest BCUT2D eigenvalue weighted by atomic mass is 32.2. The molecule has 1 saturated carbocycles. The molecule has 6 heteroatoms. The Morgan fingerprint density at radius 2 is 1.73 bits per heavy atom. The molecule has 2 aliphatic rings. The number of guanidine groups is 1. The molecule has 2 atom stereocenters. The van der Waals surface area contributed by atoms with Gasteiger partial charge in [0.1, 0.15) is 0 Å². The fraction of sp³-hybridized carbons (Fsp3) is 0.938. The number of fused-ring (bicyclic) bond motifs is 1. The average molecular weight is 330 g/mol. The summed E-state index contributed by atoms with van der Waals surface area (Å²) < 4.78 is 23.6. The number of sulfone groups is 1. The fourth-order valence-electron chi connectivity index (χ4n) is 3.51. The van der Waals surface area contributed by atoms with Crippen LogP contribution in [0.2, 0.25) is 0 Å². The van der Waals surface area contributed by atoms with Crippen molar-refractivity contribution in [2.24, 2.45) is 16.8 Å². The van der Waals surface area contributed by atoms with Gasteiger partial charge in [0.25, 0.3) is 0 Å². The van der Waals surface area contributed by atoms with Gasteiger partial charge in [-0.3, -0.25) is 4.99 Å². The van der Waals surface area contributed by atoms with Gasteiger partial charge < -0.3 is 10.2 Å². The molecule has 2 fully saturated rings. The molecule has 0 aromatic heterocycles. The van der Waals surface area contributed by atoms with Crippen molar-refractivity contribution in [2.45, 2.75) is 51.2 Å². The summed E-state index contributed by atoms with van der Waals surface area (Å²) in [6.45, 7) is 7.82. The van der Waals surface area contributed by atoms with Crippen LogP contribution in [0.3, 0.4) is 0 Å². The van der Waals surface area contributed by atoms with E-state index in [0.29, 0.717) is 6.54 Å². The lowest BCUT2D eigenvalue weighted by Crippen LogP contribution is -2.43. The third kappa shape index (κ3) is 3.94. The summed E-state index contributed by atoms with van der Waals surface area (Å²) in [7, 11) is -1.30. The Kier molecular flexibility index (Phi) is 5.41. The first-order valence-corrected chi connectivity index (χ1v) is 10.1. The molecule has 2 rings (SSSR count). The van der Waals surface area contributed by atoms with E-state index in [1.165, 1.54) is 25.7 Å². The van der Waals surface area contributed by atoms with Crippen molar-refractivity contribution >= 4 is 15.8 Å². The maximum atomic E-state index is 12.2. The molecule has 0 bridgehead atoms. The molecule has 0 radical (unpaired) electrons. The number of likely N-dealkylation sites (tertiary alicyclic amines) is 1. The number of rotatable bonds is 3. The first kappa shape index (κ1) is 17.6. The molecule has 1 heterocycles. The summed E-state index contributed by atoms with van der Waals surface area (Å²) >= 11 is 0. The normalized spacial score (nSPS) is 26.9. The molecule has 1 aliphatic heterocycles. The van der Waals surface area contributed by atoms with Gasteiger partial charge in [-0.1, -0.05) is 12.8 Å². The number of hydrogen-bond donors (Lipinski definition) is 1. The summed E-state index contributed by atoms with van der Waals surface area (Å²) in [6, 6.07) is 0. The van der Waals surface area contributed by atoms with Crippen LogP contribution < -0.4 is 5.32 Å². The van der Waals surface area contributed by atoms with Gasteiger partial charge in [-0.2, -0.15) is 0 Å². The van der Waals surface area contributed by atoms with E-state index in [1.54, 1.807) is 27.8 Å². The summed E-state index contributed by atoms with van der Waals surface area (Å²) in [6.07, 6.45) is 5.36. The Bertz CT molecular complexity index is 494. The number of aliphatic imine (C=N–C) groups is 1. The molecular formula is C16H31N3O2S. The van der Waals surface area contributed by atoms with Gasteiger partial charge in [-0.25, -0.2) is 8.42 Å². The summed E-state index contributed by atoms with van der Waals surface area (Å²) in [4.78, 5) is 6.66. The smallest absolute Gasteiger partial charge is 0.193 e. The van der Waals surface area contributed by atoms with E-state index in [9.17, 15) is 8.42 Å².